The monoisotopic (exact) mass is 229 g/mol. The van der Waals surface area contributed by atoms with Crippen molar-refractivity contribution in [1.82, 2.24) is 15.1 Å². The van der Waals surface area contributed by atoms with E-state index in [2.05, 4.69) is 10.4 Å². The lowest BCUT2D eigenvalue weighted by atomic mass is 10.1. The van der Waals surface area contributed by atoms with Crippen LogP contribution in [0.25, 0.3) is 17.0 Å². The van der Waals surface area contributed by atoms with E-state index in [0.717, 1.165) is 16.5 Å². The highest BCUT2D eigenvalue weighted by Crippen LogP contribution is 2.15. The third-order valence-corrected chi connectivity index (χ3v) is 2.55. The van der Waals surface area contributed by atoms with Crippen LogP contribution < -0.4 is 5.32 Å². The Morgan fingerprint density at radius 1 is 1.53 bits per heavy atom. The minimum atomic E-state index is -0.0706. The first kappa shape index (κ1) is 11.4. The molecule has 0 aliphatic rings. The van der Waals surface area contributed by atoms with E-state index in [9.17, 15) is 4.79 Å². The fourth-order valence-electron chi connectivity index (χ4n) is 1.69. The smallest absolute Gasteiger partial charge is 0.243 e. The van der Waals surface area contributed by atoms with Gasteiger partial charge in [0.25, 0.3) is 0 Å². The van der Waals surface area contributed by atoms with Crippen LogP contribution in [0.3, 0.4) is 0 Å². The van der Waals surface area contributed by atoms with Crippen LogP contribution in [0.5, 0.6) is 0 Å². The van der Waals surface area contributed by atoms with Crippen molar-refractivity contribution in [1.29, 1.82) is 0 Å². The van der Waals surface area contributed by atoms with Gasteiger partial charge in [-0.1, -0.05) is 6.07 Å². The first-order chi connectivity index (χ1) is 8.20. The molecule has 4 heteroatoms. The number of fused-ring (bicyclic) bond motifs is 1. The SMILES string of the molecule is CCNC(=O)/C=C/c1ccc2c(cnn2C)c1. The predicted molar refractivity (Wildman–Crippen MR) is 68.4 cm³/mol. The van der Waals surface area contributed by atoms with Gasteiger partial charge in [-0.3, -0.25) is 9.48 Å². The van der Waals surface area contributed by atoms with Crippen LogP contribution in [-0.2, 0) is 11.8 Å². The maximum Gasteiger partial charge on any atom is 0.243 e. The van der Waals surface area contributed by atoms with Crippen molar-refractivity contribution in [2.75, 3.05) is 6.54 Å². The summed E-state index contributed by atoms with van der Waals surface area (Å²) in [5.74, 6) is -0.0706. The van der Waals surface area contributed by atoms with Crippen molar-refractivity contribution in [2.24, 2.45) is 7.05 Å². The average molecular weight is 229 g/mol. The Morgan fingerprint density at radius 2 is 2.35 bits per heavy atom. The number of aryl methyl sites for hydroxylation is 1. The average Bonchev–Trinajstić information content (AvgIpc) is 2.69. The number of aromatic nitrogens is 2. The Morgan fingerprint density at radius 3 is 3.12 bits per heavy atom. The molecule has 0 atom stereocenters. The van der Waals surface area contributed by atoms with Crippen LogP contribution in [0, 0.1) is 0 Å². The predicted octanol–water partition coefficient (Wildman–Crippen LogP) is 1.72. The summed E-state index contributed by atoms with van der Waals surface area (Å²) in [6, 6.07) is 5.98. The summed E-state index contributed by atoms with van der Waals surface area (Å²) in [7, 11) is 1.91. The van der Waals surface area contributed by atoms with Gasteiger partial charge in [0.15, 0.2) is 0 Å². The van der Waals surface area contributed by atoms with Crippen molar-refractivity contribution in [3.8, 4) is 0 Å². The minimum Gasteiger partial charge on any atom is -0.353 e. The van der Waals surface area contributed by atoms with Gasteiger partial charge in [0.1, 0.15) is 0 Å². The largest absolute Gasteiger partial charge is 0.353 e. The van der Waals surface area contributed by atoms with E-state index < -0.39 is 0 Å². The van der Waals surface area contributed by atoms with Crippen molar-refractivity contribution < 1.29 is 4.79 Å². The lowest BCUT2D eigenvalue weighted by Gasteiger charge is -1.97. The van der Waals surface area contributed by atoms with Gasteiger partial charge < -0.3 is 5.32 Å². The lowest BCUT2D eigenvalue weighted by molar-refractivity contribution is -0.116. The standard InChI is InChI=1S/C13H15N3O/c1-3-14-13(17)7-5-10-4-6-12-11(8-10)9-15-16(12)2/h4-9H,3H2,1-2H3,(H,14,17)/b7-5+. The molecule has 0 aliphatic heterocycles. The summed E-state index contributed by atoms with van der Waals surface area (Å²) in [6.07, 6.45) is 5.16. The Balaban J connectivity index is 2.22. The maximum absolute atomic E-state index is 11.3. The van der Waals surface area contributed by atoms with E-state index in [-0.39, 0.29) is 5.91 Å². The molecule has 0 bridgehead atoms. The number of hydrogen-bond donors (Lipinski definition) is 1. The highest BCUT2D eigenvalue weighted by atomic mass is 16.1. The molecule has 0 fully saturated rings. The van der Waals surface area contributed by atoms with Crippen molar-refractivity contribution in [2.45, 2.75) is 6.92 Å². The fourth-order valence-corrected chi connectivity index (χ4v) is 1.69. The van der Waals surface area contributed by atoms with Crippen LogP contribution in [0.2, 0.25) is 0 Å². The molecule has 1 aromatic carbocycles. The quantitative estimate of drug-likeness (QED) is 0.815. The zero-order valence-corrected chi connectivity index (χ0v) is 9.97. The Hall–Kier alpha value is -2.10. The highest BCUT2D eigenvalue weighted by molar-refractivity contribution is 5.92. The summed E-state index contributed by atoms with van der Waals surface area (Å²) in [6.45, 7) is 2.54. The number of hydrogen-bond acceptors (Lipinski definition) is 2. The second-order valence-electron chi connectivity index (χ2n) is 3.81. The lowest BCUT2D eigenvalue weighted by Crippen LogP contribution is -2.19. The van der Waals surface area contributed by atoms with Gasteiger partial charge in [-0.05, 0) is 30.7 Å². The molecular weight excluding hydrogens is 214 g/mol. The number of carbonyl (C=O) groups excluding carboxylic acids is 1. The minimum absolute atomic E-state index is 0.0706. The number of rotatable bonds is 3. The molecule has 0 saturated heterocycles. The molecule has 1 aromatic heterocycles. The molecule has 1 amide bonds. The topological polar surface area (TPSA) is 46.9 Å². The van der Waals surface area contributed by atoms with Crippen LogP contribution in [0.1, 0.15) is 12.5 Å². The molecule has 2 aromatic rings. The number of nitrogens with zero attached hydrogens (tertiary/aromatic N) is 2. The summed E-state index contributed by atoms with van der Waals surface area (Å²) < 4.78 is 1.83. The number of nitrogens with one attached hydrogen (secondary N) is 1. The Labute approximate surface area is 99.9 Å². The molecule has 1 heterocycles. The first-order valence-electron chi connectivity index (χ1n) is 5.58. The van der Waals surface area contributed by atoms with E-state index >= 15 is 0 Å². The number of carbonyl (C=O) groups is 1. The molecule has 88 valence electrons. The summed E-state index contributed by atoms with van der Waals surface area (Å²) in [5.41, 5.74) is 2.08. The summed E-state index contributed by atoms with van der Waals surface area (Å²) in [5, 5.41) is 7.96. The molecule has 0 aliphatic carbocycles. The van der Waals surface area contributed by atoms with E-state index in [1.165, 1.54) is 0 Å². The van der Waals surface area contributed by atoms with E-state index in [1.807, 2.05) is 43.0 Å². The summed E-state index contributed by atoms with van der Waals surface area (Å²) in [4.78, 5) is 11.3. The molecule has 0 saturated carbocycles. The van der Waals surface area contributed by atoms with Crippen LogP contribution in [0.4, 0.5) is 0 Å². The second-order valence-corrected chi connectivity index (χ2v) is 3.81. The Bertz CT molecular complexity index is 569. The number of benzene rings is 1. The zero-order valence-electron chi connectivity index (χ0n) is 9.97. The van der Waals surface area contributed by atoms with Crippen molar-refractivity contribution in [3.05, 3.63) is 36.0 Å². The van der Waals surface area contributed by atoms with E-state index in [0.29, 0.717) is 6.54 Å². The van der Waals surface area contributed by atoms with Crippen LogP contribution in [0.15, 0.2) is 30.5 Å². The molecule has 1 N–H and O–H groups in total. The van der Waals surface area contributed by atoms with Crippen molar-refractivity contribution >= 4 is 22.9 Å². The summed E-state index contributed by atoms with van der Waals surface area (Å²) >= 11 is 0. The second kappa shape index (κ2) is 4.82. The molecule has 2 rings (SSSR count). The number of likely N-dealkylation sites (N-methyl/N-ethyl adjacent to an activating group) is 1. The molecule has 4 nitrogen and oxygen atoms in total. The van der Waals surface area contributed by atoms with Crippen molar-refractivity contribution in [3.63, 3.8) is 0 Å². The third kappa shape index (κ3) is 2.53. The normalized spacial score (nSPS) is 11.2. The van der Waals surface area contributed by atoms with Gasteiger partial charge in [0, 0.05) is 25.1 Å². The van der Waals surface area contributed by atoms with Gasteiger partial charge in [-0.15, -0.1) is 0 Å². The molecule has 0 spiro atoms. The van der Waals surface area contributed by atoms with Gasteiger partial charge in [-0.25, -0.2) is 0 Å². The molecule has 0 unspecified atom stereocenters. The maximum atomic E-state index is 11.3. The van der Waals surface area contributed by atoms with Crippen LogP contribution >= 0.6 is 0 Å². The van der Waals surface area contributed by atoms with E-state index in [4.69, 9.17) is 0 Å². The van der Waals surface area contributed by atoms with Crippen LogP contribution in [-0.4, -0.2) is 22.2 Å². The van der Waals surface area contributed by atoms with Gasteiger partial charge in [-0.2, -0.15) is 5.10 Å². The first-order valence-corrected chi connectivity index (χ1v) is 5.58. The third-order valence-electron chi connectivity index (χ3n) is 2.55. The highest BCUT2D eigenvalue weighted by Gasteiger charge is 1.99. The molecular formula is C13H15N3O. The fraction of sp³-hybridized carbons (Fsp3) is 0.231. The zero-order chi connectivity index (χ0) is 12.3. The Kier molecular flexibility index (Phi) is 3.23. The van der Waals surface area contributed by atoms with Gasteiger partial charge >= 0.3 is 0 Å². The number of amides is 1. The van der Waals surface area contributed by atoms with Gasteiger partial charge in [0.05, 0.1) is 11.7 Å². The van der Waals surface area contributed by atoms with E-state index in [1.54, 1.807) is 12.2 Å². The van der Waals surface area contributed by atoms with Gasteiger partial charge in [0.2, 0.25) is 5.91 Å². The molecule has 0 radical (unpaired) electrons. The molecule has 17 heavy (non-hydrogen) atoms.